The molecule has 8 heteroatoms. The zero-order valence-corrected chi connectivity index (χ0v) is 14.8. The van der Waals surface area contributed by atoms with Crippen molar-refractivity contribution in [3.63, 3.8) is 0 Å². The summed E-state index contributed by atoms with van der Waals surface area (Å²) in [7, 11) is -4.45. The zero-order chi connectivity index (χ0) is 19.0. The van der Waals surface area contributed by atoms with Crippen LogP contribution in [0.1, 0.15) is 0 Å². The molecule has 3 aromatic carbocycles. The highest BCUT2D eigenvalue weighted by Gasteiger charge is 2.18. The lowest BCUT2D eigenvalue weighted by molar-refractivity contribution is 0.484. The Morgan fingerprint density at radius 3 is 2.41 bits per heavy atom. The summed E-state index contributed by atoms with van der Waals surface area (Å²) in [4.78, 5) is 4.04. The van der Waals surface area contributed by atoms with Gasteiger partial charge in [-0.3, -0.25) is 9.54 Å². The number of para-hydroxylation sites is 1. The van der Waals surface area contributed by atoms with Crippen LogP contribution in [0.25, 0.3) is 21.7 Å². The highest BCUT2D eigenvalue weighted by molar-refractivity contribution is 7.86. The van der Waals surface area contributed by atoms with Gasteiger partial charge in [-0.25, -0.2) is 0 Å². The van der Waals surface area contributed by atoms with Gasteiger partial charge < -0.3 is 5.73 Å². The summed E-state index contributed by atoms with van der Waals surface area (Å²) in [6, 6.07) is 17.2. The quantitative estimate of drug-likeness (QED) is 0.306. The highest BCUT2D eigenvalue weighted by Crippen LogP contribution is 2.36. The van der Waals surface area contributed by atoms with Gasteiger partial charge in [0, 0.05) is 16.2 Å². The Kier molecular flexibility index (Phi) is 4.06. The molecule has 3 N–H and O–H groups in total. The first-order valence-electron chi connectivity index (χ1n) is 7.99. The maximum absolute atomic E-state index is 11.8. The molecular weight excluding hydrogens is 364 g/mol. The molecule has 0 atom stereocenters. The van der Waals surface area contributed by atoms with Crippen molar-refractivity contribution in [2.24, 2.45) is 10.2 Å². The van der Waals surface area contributed by atoms with Gasteiger partial charge in [0.25, 0.3) is 10.1 Å². The van der Waals surface area contributed by atoms with Crippen LogP contribution in [0.3, 0.4) is 0 Å². The minimum Gasteiger partial charge on any atom is -0.396 e. The van der Waals surface area contributed by atoms with Crippen LogP contribution in [0.4, 0.5) is 17.1 Å². The molecule has 0 saturated carbocycles. The largest absolute Gasteiger partial charge is 0.396 e. The summed E-state index contributed by atoms with van der Waals surface area (Å²) in [5.41, 5.74) is 7.89. The molecule has 0 unspecified atom stereocenters. The number of fused-ring (bicyclic) bond motifs is 2. The molecule has 0 aliphatic rings. The van der Waals surface area contributed by atoms with E-state index in [-0.39, 0.29) is 16.3 Å². The molecule has 0 fully saturated rings. The lowest BCUT2D eigenvalue weighted by Crippen LogP contribution is -2.01. The summed E-state index contributed by atoms with van der Waals surface area (Å²) >= 11 is 0. The van der Waals surface area contributed by atoms with Crippen LogP contribution in [0.2, 0.25) is 0 Å². The van der Waals surface area contributed by atoms with Gasteiger partial charge in [-0.05, 0) is 18.2 Å². The van der Waals surface area contributed by atoms with Crippen molar-refractivity contribution in [2.75, 3.05) is 5.73 Å². The normalized spacial score (nSPS) is 12.2. The lowest BCUT2D eigenvalue weighted by atomic mass is 10.1. The van der Waals surface area contributed by atoms with Gasteiger partial charge >= 0.3 is 0 Å². The van der Waals surface area contributed by atoms with Crippen molar-refractivity contribution in [2.45, 2.75) is 4.90 Å². The lowest BCUT2D eigenvalue weighted by Gasteiger charge is -2.09. The smallest absolute Gasteiger partial charge is 0.295 e. The van der Waals surface area contributed by atoms with Gasteiger partial charge in [0.05, 0.1) is 17.4 Å². The molecule has 0 radical (unpaired) electrons. The molecule has 0 amide bonds. The van der Waals surface area contributed by atoms with E-state index in [1.165, 1.54) is 6.07 Å². The summed E-state index contributed by atoms with van der Waals surface area (Å²) in [5.74, 6) is 0. The molecule has 27 heavy (non-hydrogen) atoms. The van der Waals surface area contributed by atoms with Crippen LogP contribution >= 0.6 is 0 Å². The van der Waals surface area contributed by atoms with E-state index >= 15 is 0 Å². The second-order valence-electron chi connectivity index (χ2n) is 5.91. The number of hydrogen-bond acceptors (Lipinski definition) is 6. The van der Waals surface area contributed by atoms with E-state index in [4.69, 9.17) is 5.73 Å². The third-order valence-electron chi connectivity index (χ3n) is 4.15. The average molecular weight is 378 g/mol. The van der Waals surface area contributed by atoms with Crippen molar-refractivity contribution in [3.8, 4) is 0 Å². The average Bonchev–Trinajstić information content (AvgIpc) is 2.66. The van der Waals surface area contributed by atoms with Crippen LogP contribution in [0.5, 0.6) is 0 Å². The molecule has 0 bridgehead atoms. The van der Waals surface area contributed by atoms with E-state index in [0.717, 1.165) is 10.9 Å². The minimum absolute atomic E-state index is 0.148. The van der Waals surface area contributed by atoms with Gasteiger partial charge in [0.15, 0.2) is 0 Å². The molecule has 0 spiro atoms. The third-order valence-corrected chi connectivity index (χ3v) is 5.05. The number of rotatable bonds is 3. The van der Waals surface area contributed by atoms with E-state index < -0.39 is 10.1 Å². The molecule has 0 aliphatic heterocycles. The van der Waals surface area contributed by atoms with E-state index in [0.29, 0.717) is 16.5 Å². The van der Waals surface area contributed by atoms with Crippen LogP contribution in [0, 0.1) is 0 Å². The molecule has 4 aromatic rings. The Hall–Kier alpha value is -3.36. The molecule has 7 nitrogen and oxygen atoms in total. The van der Waals surface area contributed by atoms with E-state index in [1.807, 2.05) is 30.3 Å². The van der Waals surface area contributed by atoms with Crippen molar-refractivity contribution in [3.05, 3.63) is 66.9 Å². The number of benzene rings is 3. The van der Waals surface area contributed by atoms with Gasteiger partial charge in [-0.1, -0.05) is 42.5 Å². The van der Waals surface area contributed by atoms with Crippen LogP contribution < -0.4 is 5.73 Å². The Morgan fingerprint density at radius 2 is 1.63 bits per heavy atom. The molecule has 0 saturated heterocycles. The Labute approximate surface area is 154 Å². The first-order valence-corrected chi connectivity index (χ1v) is 9.43. The van der Waals surface area contributed by atoms with Gasteiger partial charge in [0.1, 0.15) is 16.3 Å². The van der Waals surface area contributed by atoms with Crippen LogP contribution in [0.15, 0.2) is 82.0 Å². The maximum Gasteiger partial charge on any atom is 0.295 e. The van der Waals surface area contributed by atoms with Crippen molar-refractivity contribution < 1.29 is 13.0 Å². The fourth-order valence-corrected chi connectivity index (χ4v) is 3.59. The van der Waals surface area contributed by atoms with E-state index in [2.05, 4.69) is 15.2 Å². The molecular formula is C19H14N4O3S. The fourth-order valence-electron chi connectivity index (χ4n) is 2.87. The Balaban J connectivity index is 1.85. The fraction of sp³-hybridized carbons (Fsp3) is 0. The number of nitrogens with zero attached hydrogens (tertiary/aromatic N) is 3. The van der Waals surface area contributed by atoms with Gasteiger partial charge in [-0.15, -0.1) is 10.2 Å². The zero-order valence-electron chi connectivity index (χ0n) is 13.9. The molecule has 1 heterocycles. The molecule has 0 aliphatic carbocycles. The van der Waals surface area contributed by atoms with Gasteiger partial charge in [0.2, 0.25) is 0 Å². The van der Waals surface area contributed by atoms with Crippen molar-refractivity contribution >= 4 is 48.9 Å². The topological polar surface area (TPSA) is 118 Å². The highest BCUT2D eigenvalue weighted by atomic mass is 32.2. The minimum atomic E-state index is -4.45. The first-order chi connectivity index (χ1) is 12.9. The monoisotopic (exact) mass is 378 g/mol. The predicted molar refractivity (Wildman–Crippen MR) is 104 cm³/mol. The summed E-state index contributed by atoms with van der Waals surface area (Å²) < 4.78 is 33.1. The first kappa shape index (κ1) is 17.1. The second kappa shape index (κ2) is 6.42. The number of nitrogens with two attached hydrogens (primary N) is 1. The predicted octanol–water partition coefficient (Wildman–Crippen LogP) is 4.63. The third kappa shape index (κ3) is 3.23. The standard InChI is InChI=1S/C19H14N4O3S/c20-19-15-7-3-2-6-14(15)18(27(24,25)26)10-17(19)23-22-13-9-12-5-1-4-8-16(12)21-11-13/h1-11H,20H2,(H,24,25,26). The molecule has 4 rings (SSSR count). The number of pyridine rings is 1. The summed E-state index contributed by atoms with van der Waals surface area (Å²) in [5, 5.41) is 9.91. The van der Waals surface area contributed by atoms with Crippen LogP contribution in [-0.4, -0.2) is 18.0 Å². The van der Waals surface area contributed by atoms with Crippen molar-refractivity contribution in [1.29, 1.82) is 0 Å². The summed E-state index contributed by atoms with van der Waals surface area (Å²) in [6.07, 6.45) is 1.56. The van der Waals surface area contributed by atoms with Crippen molar-refractivity contribution in [1.82, 2.24) is 4.98 Å². The summed E-state index contributed by atoms with van der Waals surface area (Å²) in [6.45, 7) is 0. The van der Waals surface area contributed by atoms with E-state index in [1.54, 1.807) is 30.5 Å². The number of hydrogen-bond donors (Lipinski definition) is 2. The molecule has 134 valence electrons. The second-order valence-corrected chi connectivity index (χ2v) is 7.30. The van der Waals surface area contributed by atoms with E-state index in [9.17, 15) is 13.0 Å². The Bertz CT molecular complexity index is 1320. The SMILES string of the molecule is Nc1c(N=Nc2cnc3ccccc3c2)cc(S(=O)(=O)O)c2ccccc12. The molecule has 1 aromatic heterocycles. The number of azo groups is 1. The van der Waals surface area contributed by atoms with Gasteiger partial charge in [-0.2, -0.15) is 8.42 Å². The Morgan fingerprint density at radius 1 is 0.926 bits per heavy atom. The number of aromatic nitrogens is 1. The maximum atomic E-state index is 11.8. The van der Waals surface area contributed by atoms with Crippen LogP contribution in [-0.2, 0) is 10.1 Å². The number of anilines is 1. The number of nitrogen functional groups attached to an aromatic ring is 1.